The lowest BCUT2D eigenvalue weighted by Crippen LogP contribution is -2.19. The summed E-state index contributed by atoms with van der Waals surface area (Å²) >= 11 is 0. The van der Waals surface area contributed by atoms with Gasteiger partial charge in [-0.25, -0.2) is 0 Å². The SMILES string of the molecule is CCCCCCC(CC)Nc1c(C)noc1C. The zero-order valence-electron chi connectivity index (χ0n) is 11.7. The third-order valence-electron chi connectivity index (χ3n) is 3.28. The molecule has 1 aromatic rings. The van der Waals surface area contributed by atoms with Gasteiger partial charge in [-0.15, -0.1) is 0 Å². The van der Waals surface area contributed by atoms with Gasteiger partial charge in [0.1, 0.15) is 11.4 Å². The minimum atomic E-state index is 0.545. The van der Waals surface area contributed by atoms with Crippen molar-refractivity contribution in [2.24, 2.45) is 0 Å². The summed E-state index contributed by atoms with van der Waals surface area (Å²) in [6.07, 6.45) is 7.69. The Morgan fingerprint density at radius 2 is 1.94 bits per heavy atom. The van der Waals surface area contributed by atoms with E-state index in [1.807, 2.05) is 13.8 Å². The van der Waals surface area contributed by atoms with Crippen LogP contribution in [0.1, 0.15) is 63.8 Å². The van der Waals surface area contributed by atoms with Crippen LogP contribution in [0.25, 0.3) is 0 Å². The molecule has 0 aliphatic rings. The Morgan fingerprint density at radius 1 is 1.18 bits per heavy atom. The van der Waals surface area contributed by atoms with E-state index in [0.29, 0.717) is 6.04 Å². The standard InChI is InChI=1S/C14H26N2O/c1-5-7-8-9-10-13(6-2)15-14-11(3)16-17-12(14)4/h13,15H,5-10H2,1-4H3. The molecule has 0 spiro atoms. The molecular formula is C14H26N2O. The lowest BCUT2D eigenvalue weighted by Gasteiger charge is -2.17. The summed E-state index contributed by atoms with van der Waals surface area (Å²) in [5.41, 5.74) is 2.06. The fraction of sp³-hybridized carbons (Fsp3) is 0.786. The predicted octanol–water partition coefficient (Wildman–Crippen LogP) is 4.45. The number of aromatic nitrogens is 1. The summed E-state index contributed by atoms with van der Waals surface area (Å²) in [6.45, 7) is 8.43. The van der Waals surface area contributed by atoms with Crippen molar-refractivity contribution in [1.82, 2.24) is 5.16 Å². The average molecular weight is 238 g/mol. The summed E-state index contributed by atoms with van der Waals surface area (Å²) in [4.78, 5) is 0. The normalized spacial score (nSPS) is 12.7. The molecule has 0 bridgehead atoms. The van der Waals surface area contributed by atoms with Crippen LogP contribution in [-0.2, 0) is 0 Å². The summed E-state index contributed by atoms with van der Waals surface area (Å²) < 4.78 is 5.17. The first kappa shape index (κ1) is 14.1. The highest BCUT2D eigenvalue weighted by atomic mass is 16.5. The molecule has 0 aromatic carbocycles. The van der Waals surface area contributed by atoms with Crippen molar-refractivity contribution < 1.29 is 4.52 Å². The molecule has 0 amide bonds. The van der Waals surface area contributed by atoms with Crippen molar-refractivity contribution in [1.29, 1.82) is 0 Å². The van der Waals surface area contributed by atoms with Crippen molar-refractivity contribution in [3.05, 3.63) is 11.5 Å². The van der Waals surface area contributed by atoms with E-state index in [0.717, 1.165) is 23.6 Å². The summed E-state index contributed by atoms with van der Waals surface area (Å²) in [5.74, 6) is 0.898. The molecule has 0 aliphatic carbocycles. The fourth-order valence-corrected chi connectivity index (χ4v) is 2.09. The molecule has 1 heterocycles. The number of aryl methyl sites for hydroxylation is 2. The van der Waals surface area contributed by atoms with Crippen molar-refractivity contribution in [3.8, 4) is 0 Å². The monoisotopic (exact) mass is 238 g/mol. The van der Waals surface area contributed by atoms with Gasteiger partial charge in [-0.1, -0.05) is 44.7 Å². The topological polar surface area (TPSA) is 38.1 Å². The Balaban J connectivity index is 2.41. The van der Waals surface area contributed by atoms with Gasteiger partial charge in [-0.2, -0.15) is 0 Å². The molecule has 1 N–H and O–H groups in total. The van der Waals surface area contributed by atoms with Gasteiger partial charge in [-0.05, 0) is 26.7 Å². The third kappa shape index (κ3) is 4.41. The van der Waals surface area contributed by atoms with E-state index in [-0.39, 0.29) is 0 Å². The van der Waals surface area contributed by atoms with Gasteiger partial charge in [-0.3, -0.25) is 0 Å². The predicted molar refractivity (Wildman–Crippen MR) is 72.4 cm³/mol. The fourth-order valence-electron chi connectivity index (χ4n) is 2.09. The molecule has 3 nitrogen and oxygen atoms in total. The molecule has 0 saturated carbocycles. The first-order valence-corrected chi connectivity index (χ1v) is 6.88. The Kier molecular flexibility index (Phi) is 6.09. The van der Waals surface area contributed by atoms with Crippen LogP contribution in [0.2, 0.25) is 0 Å². The van der Waals surface area contributed by atoms with Crippen LogP contribution in [0.4, 0.5) is 5.69 Å². The number of nitrogens with zero attached hydrogens (tertiary/aromatic N) is 1. The van der Waals surface area contributed by atoms with Crippen molar-refractivity contribution in [2.45, 2.75) is 72.3 Å². The van der Waals surface area contributed by atoms with Crippen LogP contribution in [0, 0.1) is 13.8 Å². The highest BCUT2D eigenvalue weighted by molar-refractivity contribution is 5.50. The number of hydrogen-bond acceptors (Lipinski definition) is 3. The summed E-state index contributed by atoms with van der Waals surface area (Å²) in [5, 5.41) is 7.54. The second-order valence-electron chi connectivity index (χ2n) is 4.80. The van der Waals surface area contributed by atoms with E-state index in [1.165, 1.54) is 32.1 Å². The van der Waals surface area contributed by atoms with Crippen molar-refractivity contribution in [2.75, 3.05) is 5.32 Å². The van der Waals surface area contributed by atoms with E-state index in [9.17, 15) is 0 Å². The minimum absolute atomic E-state index is 0.545. The highest BCUT2D eigenvalue weighted by Crippen LogP contribution is 2.22. The molecule has 0 fully saturated rings. The molecule has 1 atom stereocenters. The first-order valence-electron chi connectivity index (χ1n) is 6.88. The second kappa shape index (κ2) is 7.36. The van der Waals surface area contributed by atoms with Gasteiger partial charge in [0.15, 0.2) is 5.76 Å². The minimum Gasteiger partial charge on any atom is -0.378 e. The van der Waals surface area contributed by atoms with Gasteiger partial charge in [0.05, 0.1) is 0 Å². The molecule has 1 unspecified atom stereocenters. The van der Waals surface area contributed by atoms with Gasteiger partial charge in [0, 0.05) is 6.04 Å². The van der Waals surface area contributed by atoms with E-state index < -0.39 is 0 Å². The Labute approximate surface area is 105 Å². The van der Waals surface area contributed by atoms with Crippen molar-refractivity contribution >= 4 is 5.69 Å². The smallest absolute Gasteiger partial charge is 0.157 e. The van der Waals surface area contributed by atoms with Gasteiger partial charge in [0.2, 0.25) is 0 Å². The van der Waals surface area contributed by atoms with Crippen LogP contribution in [-0.4, -0.2) is 11.2 Å². The van der Waals surface area contributed by atoms with E-state index >= 15 is 0 Å². The summed E-state index contributed by atoms with van der Waals surface area (Å²) in [6, 6.07) is 0.545. The molecule has 0 saturated heterocycles. The first-order chi connectivity index (χ1) is 8.19. The maximum absolute atomic E-state index is 5.17. The lowest BCUT2D eigenvalue weighted by molar-refractivity contribution is 0.393. The zero-order chi connectivity index (χ0) is 12.7. The molecule has 98 valence electrons. The average Bonchev–Trinajstić information content (AvgIpc) is 2.64. The van der Waals surface area contributed by atoms with Crippen LogP contribution in [0.15, 0.2) is 4.52 Å². The number of unbranched alkanes of at least 4 members (excludes halogenated alkanes) is 3. The molecule has 17 heavy (non-hydrogen) atoms. The van der Waals surface area contributed by atoms with E-state index in [4.69, 9.17) is 4.52 Å². The van der Waals surface area contributed by atoms with Crippen LogP contribution < -0.4 is 5.32 Å². The lowest BCUT2D eigenvalue weighted by atomic mass is 10.0. The number of rotatable bonds is 8. The maximum atomic E-state index is 5.17. The molecular weight excluding hydrogens is 212 g/mol. The number of anilines is 1. The van der Waals surface area contributed by atoms with E-state index in [2.05, 4.69) is 24.3 Å². The number of hydrogen-bond donors (Lipinski definition) is 1. The molecule has 0 aliphatic heterocycles. The molecule has 1 aromatic heterocycles. The molecule has 3 heteroatoms. The zero-order valence-corrected chi connectivity index (χ0v) is 11.7. The largest absolute Gasteiger partial charge is 0.378 e. The van der Waals surface area contributed by atoms with Gasteiger partial charge >= 0.3 is 0 Å². The number of nitrogens with one attached hydrogen (secondary N) is 1. The van der Waals surface area contributed by atoms with E-state index in [1.54, 1.807) is 0 Å². The van der Waals surface area contributed by atoms with Crippen molar-refractivity contribution in [3.63, 3.8) is 0 Å². The van der Waals surface area contributed by atoms with Gasteiger partial charge in [0.25, 0.3) is 0 Å². The third-order valence-corrected chi connectivity index (χ3v) is 3.28. The molecule has 0 radical (unpaired) electrons. The quantitative estimate of drug-likeness (QED) is 0.680. The Hall–Kier alpha value is -0.990. The van der Waals surface area contributed by atoms with Crippen LogP contribution in [0.5, 0.6) is 0 Å². The summed E-state index contributed by atoms with van der Waals surface area (Å²) in [7, 11) is 0. The highest BCUT2D eigenvalue weighted by Gasteiger charge is 2.13. The van der Waals surface area contributed by atoms with Crippen LogP contribution in [0.3, 0.4) is 0 Å². The molecule has 1 rings (SSSR count). The Morgan fingerprint density at radius 3 is 2.47 bits per heavy atom. The second-order valence-corrected chi connectivity index (χ2v) is 4.80. The van der Waals surface area contributed by atoms with Gasteiger partial charge < -0.3 is 9.84 Å². The van der Waals surface area contributed by atoms with Crippen LogP contribution >= 0.6 is 0 Å². The Bertz CT molecular complexity index is 301. The maximum Gasteiger partial charge on any atom is 0.157 e.